The number of urea groups is 1. The molecule has 14 nitrogen and oxygen atoms in total. The lowest BCUT2D eigenvalue weighted by Gasteiger charge is -2.33. The van der Waals surface area contributed by atoms with Crippen molar-refractivity contribution in [1.29, 1.82) is 0 Å². The molecule has 0 radical (unpaired) electrons. The summed E-state index contributed by atoms with van der Waals surface area (Å²) in [5, 5.41) is 34.1. The van der Waals surface area contributed by atoms with Gasteiger partial charge in [-0.2, -0.15) is 0 Å². The van der Waals surface area contributed by atoms with Gasteiger partial charge in [0.1, 0.15) is 16.9 Å². The summed E-state index contributed by atoms with van der Waals surface area (Å²) in [4.78, 5) is 68.3. The van der Waals surface area contributed by atoms with Crippen LogP contribution in [0, 0.1) is 0 Å². The molecule has 1 unspecified atom stereocenters. The molecule has 39 heavy (non-hydrogen) atoms. The minimum atomic E-state index is -1.65. The fourth-order valence-electron chi connectivity index (χ4n) is 4.29. The fraction of sp³-hybridized carbons (Fsp3) is 0.304. The molecule has 2 aliphatic rings. The average Bonchev–Trinajstić information content (AvgIpc) is 2.89. The summed E-state index contributed by atoms with van der Waals surface area (Å²) in [6.45, 7) is 1.96. The third-order valence-corrected chi connectivity index (χ3v) is 6.62. The number of pyridine rings is 1. The van der Waals surface area contributed by atoms with E-state index in [2.05, 4.69) is 15.6 Å². The first-order valence-corrected chi connectivity index (χ1v) is 12.2. The Morgan fingerprint density at radius 1 is 1.21 bits per heavy atom. The lowest BCUT2D eigenvalue weighted by atomic mass is 9.72. The minimum absolute atomic E-state index is 0.0163. The number of imide groups is 1. The van der Waals surface area contributed by atoms with Crippen molar-refractivity contribution in [3.63, 3.8) is 0 Å². The number of nitrogens with one attached hydrogen (secondary N) is 2. The van der Waals surface area contributed by atoms with Crippen molar-refractivity contribution in [1.82, 2.24) is 25.4 Å². The van der Waals surface area contributed by atoms with Crippen LogP contribution in [0.15, 0.2) is 30.3 Å². The van der Waals surface area contributed by atoms with Crippen molar-refractivity contribution >= 4 is 48.4 Å². The van der Waals surface area contributed by atoms with Crippen LogP contribution in [0.25, 0.3) is 0 Å². The summed E-state index contributed by atoms with van der Waals surface area (Å²) in [6, 6.07) is 4.11. The predicted molar refractivity (Wildman–Crippen MR) is 134 cm³/mol. The Kier molecular flexibility index (Phi) is 7.92. The number of carbonyl (C=O) groups excluding carboxylic acids is 4. The monoisotopic (exact) mass is 559 g/mol. The second-order valence-electron chi connectivity index (χ2n) is 8.70. The smallest absolute Gasteiger partial charge is 0.534 e. The van der Waals surface area contributed by atoms with Gasteiger partial charge in [0.25, 0.3) is 0 Å². The van der Waals surface area contributed by atoms with Crippen LogP contribution in [0.3, 0.4) is 0 Å². The third-order valence-electron chi connectivity index (χ3n) is 6.32. The molecular weight excluding hydrogens is 537 g/mol. The molecule has 0 bridgehead atoms. The number of para-hydroxylation sites is 1. The summed E-state index contributed by atoms with van der Waals surface area (Å²) in [5.41, 5.74) is 0.199. The zero-order chi connectivity index (χ0) is 28.4. The van der Waals surface area contributed by atoms with Gasteiger partial charge in [-0.15, -0.1) is 0 Å². The molecule has 5 amide bonds. The molecular formula is C23H23BClN5O9. The number of fused-ring (bicyclic) bond motifs is 1. The van der Waals surface area contributed by atoms with Crippen molar-refractivity contribution < 1.29 is 43.9 Å². The van der Waals surface area contributed by atoms with Gasteiger partial charge >= 0.3 is 30.9 Å². The second kappa shape index (κ2) is 11.2. The highest BCUT2D eigenvalue weighted by Crippen LogP contribution is 2.31. The number of benzene rings is 1. The molecule has 2 aromatic rings. The molecule has 1 saturated heterocycles. The van der Waals surface area contributed by atoms with E-state index in [9.17, 15) is 39.2 Å². The maximum Gasteiger partial charge on any atom is 0.547 e. The number of aromatic hydroxyl groups is 1. The van der Waals surface area contributed by atoms with E-state index in [0.29, 0.717) is 10.5 Å². The highest BCUT2D eigenvalue weighted by Gasteiger charge is 2.41. The molecule has 204 valence electrons. The second-order valence-corrected chi connectivity index (χ2v) is 9.06. The average molecular weight is 560 g/mol. The number of hydrogen-bond donors (Lipinski definition) is 5. The summed E-state index contributed by atoms with van der Waals surface area (Å²) >= 11 is 6.14. The summed E-state index contributed by atoms with van der Waals surface area (Å²) in [7, 11) is -1.65. The predicted octanol–water partition coefficient (Wildman–Crippen LogP) is -0.280. The number of halogens is 1. The molecule has 5 N–H and O–H groups in total. The maximum atomic E-state index is 13.4. The molecule has 2 aliphatic heterocycles. The first-order valence-electron chi connectivity index (χ1n) is 11.8. The number of nitrogens with zero attached hydrogens (tertiary/aromatic N) is 3. The Morgan fingerprint density at radius 2 is 1.95 bits per heavy atom. The molecule has 4 rings (SSSR count). The summed E-state index contributed by atoms with van der Waals surface area (Å²) in [5.74, 6) is -5.65. The lowest BCUT2D eigenvalue weighted by Crippen LogP contribution is -2.60. The van der Waals surface area contributed by atoms with Gasteiger partial charge in [0.15, 0.2) is 0 Å². The van der Waals surface area contributed by atoms with E-state index in [0.717, 1.165) is 6.07 Å². The van der Waals surface area contributed by atoms with E-state index in [1.807, 2.05) is 0 Å². The van der Waals surface area contributed by atoms with Crippen LogP contribution >= 0.6 is 11.6 Å². The van der Waals surface area contributed by atoms with Gasteiger partial charge in [0.2, 0.25) is 11.8 Å². The van der Waals surface area contributed by atoms with Crippen molar-refractivity contribution in [2.24, 2.45) is 0 Å². The van der Waals surface area contributed by atoms with Gasteiger partial charge in [-0.1, -0.05) is 23.7 Å². The minimum Gasteiger partial charge on any atom is -0.534 e. The Bertz CT molecular complexity index is 1360. The van der Waals surface area contributed by atoms with Crippen LogP contribution in [0.1, 0.15) is 34.5 Å². The molecule has 1 aromatic carbocycles. The van der Waals surface area contributed by atoms with Gasteiger partial charge in [0, 0.05) is 31.3 Å². The number of aromatic carboxylic acids is 1. The van der Waals surface area contributed by atoms with Crippen LogP contribution in [0.4, 0.5) is 4.79 Å². The maximum absolute atomic E-state index is 13.4. The molecule has 3 heterocycles. The van der Waals surface area contributed by atoms with Gasteiger partial charge in [-0.3, -0.25) is 19.3 Å². The molecule has 1 fully saturated rings. The highest BCUT2D eigenvalue weighted by atomic mass is 35.5. The van der Waals surface area contributed by atoms with Crippen LogP contribution in [0.5, 0.6) is 11.6 Å². The lowest BCUT2D eigenvalue weighted by molar-refractivity contribution is -0.153. The zero-order valence-corrected chi connectivity index (χ0v) is 21.2. The number of carboxylic acids is 1. The van der Waals surface area contributed by atoms with E-state index in [1.54, 1.807) is 13.0 Å². The summed E-state index contributed by atoms with van der Waals surface area (Å²) in [6.07, 6.45) is -0.0163. The van der Waals surface area contributed by atoms with Crippen molar-refractivity contribution in [2.45, 2.75) is 25.3 Å². The van der Waals surface area contributed by atoms with Crippen LogP contribution in [-0.4, -0.2) is 92.4 Å². The van der Waals surface area contributed by atoms with Crippen LogP contribution in [-0.2, 0) is 20.8 Å². The van der Waals surface area contributed by atoms with E-state index in [-0.39, 0.29) is 48.1 Å². The van der Waals surface area contributed by atoms with E-state index in [4.69, 9.17) is 16.3 Å². The van der Waals surface area contributed by atoms with E-state index < -0.39 is 54.7 Å². The Labute approximate surface area is 226 Å². The van der Waals surface area contributed by atoms with Gasteiger partial charge < -0.3 is 35.4 Å². The Morgan fingerprint density at radius 3 is 2.62 bits per heavy atom. The van der Waals surface area contributed by atoms with Crippen LogP contribution < -0.4 is 15.3 Å². The Balaban J connectivity index is 1.58. The van der Waals surface area contributed by atoms with Gasteiger partial charge in [-0.05, 0) is 31.0 Å². The van der Waals surface area contributed by atoms with Crippen molar-refractivity contribution in [3.8, 4) is 11.6 Å². The fourth-order valence-corrected chi connectivity index (χ4v) is 4.55. The van der Waals surface area contributed by atoms with Crippen molar-refractivity contribution in [2.75, 3.05) is 19.6 Å². The number of carbonyl (C=O) groups is 5. The largest absolute Gasteiger partial charge is 0.547 e. The zero-order valence-electron chi connectivity index (χ0n) is 20.5. The molecule has 0 spiro atoms. The first kappa shape index (κ1) is 27.7. The van der Waals surface area contributed by atoms with E-state index in [1.165, 1.54) is 23.1 Å². The SMILES string of the molecule is CCN1CCN(C(=O)NC(C(=O)N[C@H]2Cc3cccc(C(=O)O)c3OB2O)c2ccc(O)nc2Cl)C(=O)C1=O. The molecule has 1 aromatic heterocycles. The molecule has 0 saturated carbocycles. The number of rotatable bonds is 6. The quantitative estimate of drug-likeness (QED) is 0.178. The van der Waals surface area contributed by atoms with Crippen LogP contribution in [0.2, 0.25) is 5.15 Å². The molecule has 0 aliphatic carbocycles. The van der Waals surface area contributed by atoms with Crippen molar-refractivity contribution in [3.05, 3.63) is 52.2 Å². The number of likely N-dealkylation sites (N-methyl/N-ethyl adjacent to an activating group) is 1. The standard InChI is InChI=1S/C23H23BClN5O9/c1-2-29-8-9-30(21(34)20(29)33)23(37)28-16(12-6-7-15(31)27-18(12)25)19(32)26-14-10-11-4-3-5-13(22(35)36)17(11)39-24(14)38/h3-7,14,16,38H,2,8-10H2,1H3,(H,26,32)(H,27,31)(H,28,37)(H,35,36)/t14-,16?/m0/s1. The summed E-state index contributed by atoms with van der Waals surface area (Å²) < 4.78 is 5.39. The normalized spacial score (nSPS) is 17.7. The number of aromatic nitrogens is 1. The topological polar surface area (TPSA) is 199 Å². The highest BCUT2D eigenvalue weighted by molar-refractivity contribution is 6.47. The van der Waals surface area contributed by atoms with Gasteiger partial charge in [0.05, 0.1) is 11.5 Å². The Hall–Kier alpha value is -4.37. The number of amides is 5. The first-order chi connectivity index (χ1) is 18.5. The van der Waals surface area contributed by atoms with E-state index >= 15 is 0 Å². The van der Waals surface area contributed by atoms with Gasteiger partial charge in [-0.25, -0.2) is 14.6 Å². The number of carboxylic acid groups (broad SMARTS) is 1. The third kappa shape index (κ3) is 5.58. The number of piperazine rings is 1. The number of hydrogen-bond acceptors (Lipinski definition) is 9. The molecule has 2 atom stereocenters. The molecule has 16 heteroatoms.